The number of imide groups is 1. The van der Waals surface area contributed by atoms with Crippen LogP contribution in [0.3, 0.4) is 0 Å². The summed E-state index contributed by atoms with van der Waals surface area (Å²) in [5.41, 5.74) is 2.00. The van der Waals surface area contributed by atoms with Gasteiger partial charge in [-0.1, -0.05) is 37.6 Å². The van der Waals surface area contributed by atoms with Crippen LogP contribution in [0.2, 0.25) is 0 Å². The van der Waals surface area contributed by atoms with Crippen LogP contribution in [0.15, 0.2) is 59.3 Å². The molecule has 0 radical (unpaired) electrons. The van der Waals surface area contributed by atoms with E-state index >= 15 is 0 Å². The third-order valence-electron chi connectivity index (χ3n) is 3.96. The molecule has 0 bridgehead atoms. The summed E-state index contributed by atoms with van der Waals surface area (Å²) in [5, 5.41) is 2.60. The normalized spacial score (nSPS) is 14.7. The number of nitrogens with one attached hydrogen (secondary N) is 1. The summed E-state index contributed by atoms with van der Waals surface area (Å²) in [5.74, 6) is -1.19. The van der Waals surface area contributed by atoms with Crippen molar-refractivity contribution in [3.05, 3.63) is 70.6 Å². The van der Waals surface area contributed by atoms with Gasteiger partial charge >= 0.3 is 0 Å². The van der Waals surface area contributed by atoms with E-state index in [-0.39, 0.29) is 10.7 Å². The summed E-state index contributed by atoms with van der Waals surface area (Å²) in [6.45, 7) is 4.12. The second-order valence-electron chi connectivity index (χ2n) is 6.01. The van der Waals surface area contributed by atoms with Crippen molar-refractivity contribution in [2.75, 3.05) is 10.2 Å². The molecule has 3 rings (SSSR count). The van der Waals surface area contributed by atoms with Crippen LogP contribution in [0.25, 0.3) is 0 Å². The molecule has 0 saturated heterocycles. The van der Waals surface area contributed by atoms with E-state index < -0.39 is 17.6 Å². The van der Waals surface area contributed by atoms with Crippen molar-refractivity contribution in [2.45, 2.75) is 19.8 Å². The molecule has 0 aromatic heterocycles. The predicted molar refractivity (Wildman–Crippen MR) is 95.9 cm³/mol. The first kappa shape index (κ1) is 17.2. The Bertz CT molecular complexity index is 858. The van der Waals surface area contributed by atoms with Gasteiger partial charge in [-0.15, -0.1) is 0 Å². The summed E-state index contributed by atoms with van der Waals surface area (Å²) in [4.78, 5) is 26.1. The Morgan fingerprint density at radius 2 is 1.56 bits per heavy atom. The van der Waals surface area contributed by atoms with Crippen molar-refractivity contribution < 1.29 is 14.0 Å². The number of amides is 2. The average Bonchev–Trinajstić information content (AvgIpc) is 2.80. The summed E-state index contributed by atoms with van der Waals surface area (Å²) < 4.78 is 13.0. The van der Waals surface area contributed by atoms with Gasteiger partial charge < -0.3 is 5.32 Å². The second-order valence-corrected chi connectivity index (χ2v) is 6.39. The molecule has 0 atom stereocenters. The Morgan fingerprint density at radius 1 is 0.960 bits per heavy atom. The molecule has 25 heavy (non-hydrogen) atoms. The molecule has 4 nitrogen and oxygen atoms in total. The Hall–Kier alpha value is -2.66. The lowest BCUT2D eigenvalue weighted by molar-refractivity contribution is -0.120. The largest absolute Gasteiger partial charge is 0.350 e. The van der Waals surface area contributed by atoms with Crippen LogP contribution in [0.4, 0.5) is 15.8 Å². The average molecular weight is 359 g/mol. The van der Waals surface area contributed by atoms with E-state index in [1.54, 1.807) is 12.1 Å². The SMILES string of the molecule is CC(C)c1ccc(N2C(=O)C(Cl)=C(Nc3ccc(F)cc3)C2=O)cc1. The number of hydrogen-bond acceptors (Lipinski definition) is 3. The fourth-order valence-electron chi connectivity index (χ4n) is 2.53. The van der Waals surface area contributed by atoms with E-state index in [0.717, 1.165) is 10.5 Å². The Kier molecular flexibility index (Phi) is 4.59. The van der Waals surface area contributed by atoms with Crippen molar-refractivity contribution in [3.8, 4) is 0 Å². The van der Waals surface area contributed by atoms with Crippen molar-refractivity contribution in [1.82, 2.24) is 0 Å². The van der Waals surface area contributed by atoms with Gasteiger partial charge in [0.15, 0.2) is 0 Å². The van der Waals surface area contributed by atoms with Gasteiger partial charge in [0.25, 0.3) is 11.8 Å². The molecular formula is C19H16ClFN2O2. The quantitative estimate of drug-likeness (QED) is 0.825. The molecule has 1 N–H and O–H groups in total. The van der Waals surface area contributed by atoms with Gasteiger partial charge in [-0.3, -0.25) is 9.59 Å². The fourth-order valence-corrected chi connectivity index (χ4v) is 2.74. The van der Waals surface area contributed by atoms with Crippen LogP contribution in [-0.2, 0) is 9.59 Å². The minimum atomic E-state index is -0.589. The van der Waals surface area contributed by atoms with Gasteiger partial charge in [0.05, 0.1) is 5.69 Å². The van der Waals surface area contributed by atoms with Crippen LogP contribution in [0.1, 0.15) is 25.3 Å². The summed E-state index contributed by atoms with van der Waals surface area (Å²) in [6.07, 6.45) is 0. The minimum absolute atomic E-state index is 0.0220. The zero-order valence-electron chi connectivity index (χ0n) is 13.7. The van der Waals surface area contributed by atoms with Crippen molar-refractivity contribution in [1.29, 1.82) is 0 Å². The topological polar surface area (TPSA) is 49.4 Å². The van der Waals surface area contributed by atoms with Crippen LogP contribution in [0, 0.1) is 5.82 Å². The molecule has 2 aromatic rings. The molecule has 128 valence electrons. The highest BCUT2D eigenvalue weighted by molar-refractivity contribution is 6.53. The minimum Gasteiger partial charge on any atom is -0.350 e. The van der Waals surface area contributed by atoms with Gasteiger partial charge in [-0.2, -0.15) is 0 Å². The molecule has 1 aliphatic heterocycles. The maximum atomic E-state index is 13.0. The molecule has 2 amide bonds. The number of carbonyl (C=O) groups excluding carboxylic acids is 2. The highest BCUT2D eigenvalue weighted by Crippen LogP contribution is 2.30. The zero-order valence-corrected chi connectivity index (χ0v) is 14.5. The fraction of sp³-hybridized carbons (Fsp3) is 0.158. The van der Waals surface area contributed by atoms with E-state index in [1.165, 1.54) is 24.3 Å². The zero-order chi connectivity index (χ0) is 18.1. The van der Waals surface area contributed by atoms with E-state index in [0.29, 0.717) is 17.3 Å². The molecule has 0 saturated carbocycles. The predicted octanol–water partition coefficient (Wildman–Crippen LogP) is 4.38. The van der Waals surface area contributed by atoms with Crippen molar-refractivity contribution in [2.24, 2.45) is 0 Å². The third-order valence-corrected chi connectivity index (χ3v) is 4.31. The van der Waals surface area contributed by atoms with Crippen LogP contribution in [-0.4, -0.2) is 11.8 Å². The van der Waals surface area contributed by atoms with Crippen LogP contribution < -0.4 is 10.2 Å². The van der Waals surface area contributed by atoms with Crippen molar-refractivity contribution in [3.63, 3.8) is 0 Å². The maximum absolute atomic E-state index is 13.0. The first-order valence-corrected chi connectivity index (χ1v) is 8.17. The molecule has 0 spiro atoms. The molecule has 2 aromatic carbocycles. The Labute approximate surface area is 149 Å². The highest BCUT2D eigenvalue weighted by atomic mass is 35.5. The summed E-state index contributed by atoms with van der Waals surface area (Å²) >= 11 is 6.06. The van der Waals surface area contributed by atoms with Gasteiger partial charge in [-0.05, 0) is 47.9 Å². The van der Waals surface area contributed by atoms with Gasteiger partial charge in [0.1, 0.15) is 16.5 Å². The number of rotatable bonds is 4. The lowest BCUT2D eigenvalue weighted by atomic mass is 10.0. The van der Waals surface area contributed by atoms with E-state index in [9.17, 15) is 14.0 Å². The summed E-state index contributed by atoms with van der Waals surface area (Å²) in [7, 11) is 0. The third kappa shape index (κ3) is 3.28. The van der Waals surface area contributed by atoms with Gasteiger partial charge in [0.2, 0.25) is 0 Å². The molecular weight excluding hydrogens is 343 g/mol. The number of anilines is 2. The molecule has 1 aliphatic rings. The standard InChI is InChI=1S/C19H16ClFN2O2/c1-11(2)12-3-9-15(10-4-12)23-18(24)16(20)17(19(23)25)22-14-7-5-13(21)6-8-14/h3-11,22H,1-2H3. The monoisotopic (exact) mass is 358 g/mol. The number of benzene rings is 2. The lowest BCUT2D eigenvalue weighted by Gasteiger charge is -2.16. The van der Waals surface area contributed by atoms with E-state index in [4.69, 9.17) is 11.6 Å². The summed E-state index contributed by atoms with van der Waals surface area (Å²) in [6, 6.07) is 12.6. The molecule has 1 heterocycles. The Morgan fingerprint density at radius 3 is 2.12 bits per heavy atom. The molecule has 6 heteroatoms. The smallest absolute Gasteiger partial charge is 0.283 e. The number of carbonyl (C=O) groups is 2. The Balaban J connectivity index is 1.86. The molecule has 0 unspecified atom stereocenters. The molecule has 0 aliphatic carbocycles. The van der Waals surface area contributed by atoms with Crippen LogP contribution in [0.5, 0.6) is 0 Å². The van der Waals surface area contributed by atoms with Crippen LogP contribution >= 0.6 is 11.6 Å². The van der Waals surface area contributed by atoms with E-state index in [1.807, 2.05) is 12.1 Å². The second kappa shape index (κ2) is 6.69. The lowest BCUT2D eigenvalue weighted by Crippen LogP contribution is -2.32. The highest BCUT2D eigenvalue weighted by Gasteiger charge is 2.38. The number of halogens is 2. The van der Waals surface area contributed by atoms with Crippen molar-refractivity contribution >= 4 is 34.8 Å². The van der Waals surface area contributed by atoms with Gasteiger partial charge in [0, 0.05) is 5.69 Å². The van der Waals surface area contributed by atoms with Gasteiger partial charge in [-0.25, -0.2) is 9.29 Å². The first-order valence-electron chi connectivity index (χ1n) is 7.79. The first-order chi connectivity index (χ1) is 11.9. The number of nitrogens with zero attached hydrogens (tertiary/aromatic N) is 1. The molecule has 0 fully saturated rings. The maximum Gasteiger partial charge on any atom is 0.283 e. The van der Waals surface area contributed by atoms with E-state index in [2.05, 4.69) is 19.2 Å². The number of hydrogen-bond donors (Lipinski definition) is 1.